The summed E-state index contributed by atoms with van der Waals surface area (Å²) in [7, 11) is 0. The van der Waals surface area contributed by atoms with Gasteiger partial charge in [-0.25, -0.2) is 15.0 Å². The highest BCUT2D eigenvalue weighted by atomic mass is 15.0. The second-order valence-electron chi connectivity index (χ2n) is 13.5. The first kappa shape index (κ1) is 33.5. The number of hydrogen-bond donors (Lipinski definition) is 0. The van der Waals surface area contributed by atoms with Crippen LogP contribution in [0.15, 0.2) is 200 Å². The van der Waals surface area contributed by atoms with Crippen LogP contribution in [-0.2, 0) is 0 Å². The molecule has 0 atom stereocenters. The molecule has 0 amide bonds. The number of aromatic nitrogens is 4. The number of rotatable bonds is 8. The molecule has 0 fully saturated rings. The lowest BCUT2D eigenvalue weighted by Gasteiger charge is -2.19. The Hall–Kier alpha value is -7.30. The van der Waals surface area contributed by atoms with Crippen LogP contribution in [-0.4, -0.2) is 19.9 Å². The minimum atomic E-state index is 0.618. The van der Waals surface area contributed by atoms with Crippen molar-refractivity contribution in [1.29, 1.82) is 0 Å². The van der Waals surface area contributed by atoms with Crippen molar-refractivity contribution in [1.82, 2.24) is 19.9 Å². The maximum Gasteiger partial charge on any atom is 0.164 e. The Morgan fingerprint density at radius 2 is 0.727 bits per heavy atom. The third-order valence-electron chi connectivity index (χ3n) is 9.95. The van der Waals surface area contributed by atoms with Gasteiger partial charge in [0.25, 0.3) is 0 Å². The molecular weight excluding hydrogens is 669 g/mol. The second kappa shape index (κ2) is 15.0. The molecule has 2 aromatic heterocycles. The van der Waals surface area contributed by atoms with Gasteiger partial charge in [-0.2, -0.15) is 0 Å². The summed E-state index contributed by atoms with van der Waals surface area (Å²) in [4.78, 5) is 19.6. The van der Waals surface area contributed by atoms with E-state index in [4.69, 9.17) is 15.0 Å². The molecule has 0 radical (unpaired) electrons. The van der Waals surface area contributed by atoms with Crippen LogP contribution in [0.5, 0.6) is 0 Å². The molecule has 0 saturated carbocycles. The van der Waals surface area contributed by atoms with E-state index in [0.29, 0.717) is 17.5 Å². The van der Waals surface area contributed by atoms with E-state index >= 15 is 0 Å². The van der Waals surface area contributed by atoms with E-state index in [1.165, 1.54) is 33.4 Å². The standard InChI is InChI=1S/C51H36N4/c1-35-45(26-15-31-52-35)42-24-14-25-43(32-42)51-54-49(40-22-12-5-13-23-40)53-50(55-51)41-29-27-36(28-30-41)44-33-46(37-16-6-2-7-17-37)48(39-20-10-4-11-21-39)47(34-44)38-18-8-3-9-19-38/h2-34H,1H3. The van der Waals surface area contributed by atoms with E-state index in [1.807, 2.05) is 55.6 Å². The van der Waals surface area contributed by atoms with Crippen LogP contribution in [0, 0.1) is 6.92 Å². The van der Waals surface area contributed by atoms with Crippen molar-refractivity contribution in [3.8, 4) is 89.8 Å². The molecule has 4 heteroatoms. The Morgan fingerprint density at radius 1 is 0.291 bits per heavy atom. The van der Waals surface area contributed by atoms with Crippen molar-refractivity contribution in [3.63, 3.8) is 0 Å². The molecule has 4 nitrogen and oxygen atoms in total. The minimum absolute atomic E-state index is 0.618. The zero-order valence-electron chi connectivity index (χ0n) is 30.3. The third kappa shape index (κ3) is 6.97. The lowest BCUT2D eigenvalue weighted by Crippen LogP contribution is -2.00. The van der Waals surface area contributed by atoms with Gasteiger partial charge in [0.05, 0.1) is 0 Å². The third-order valence-corrected chi connectivity index (χ3v) is 9.95. The first-order valence-electron chi connectivity index (χ1n) is 18.5. The number of aryl methyl sites for hydroxylation is 1. The molecule has 260 valence electrons. The highest BCUT2D eigenvalue weighted by Gasteiger charge is 2.18. The van der Waals surface area contributed by atoms with Crippen LogP contribution in [0.1, 0.15) is 5.69 Å². The number of pyridine rings is 1. The highest BCUT2D eigenvalue weighted by molar-refractivity contribution is 5.97. The average molecular weight is 705 g/mol. The molecular formula is C51H36N4. The van der Waals surface area contributed by atoms with E-state index in [2.05, 4.69) is 157 Å². The quantitative estimate of drug-likeness (QED) is 0.158. The van der Waals surface area contributed by atoms with Crippen molar-refractivity contribution >= 4 is 0 Å². The number of nitrogens with zero attached hydrogens (tertiary/aromatic N) is 4. The summed E-state index contributed by atoms with van der Waals surface area (Å²) in [6.07, 6.45) is 1.82. The Balaban J connectivity index is 1.17. The van der Waals surface area contributed by atoms with Gasteiger partial charge in [0.15, 0.2) is 17.5 Å². The van der Waals surface area contributed by atoms with Gasteiger partial charge in [-0.05, 0) is 81.3 Å². The zero-order chi connectivity index (χ0) is 37.0. The summed E-state index contributed by atoms with van der Waals surface area (Å²) in [6, 6.07) is 67.8. The Kier molecular flexibility index (Phi) is 9.13. The smallest absolute Gasteiger partial charge is 0.164 e. The van der Waals surface area contributed by atoms with Gasteiger partial charge >= 0.3 is 0 Å². The largest absolute Gasteiger partial charge is 0.261 e. The van der Waals surface area contributed by atoms with Crippen molar-refractivity contribution in [2.45, 2.75) is 6.92 Å². The molecule has 7 aromatic carbocycles. The second-order valence-corrected chi connectivity index (χ2v) is 13.5. The molecule has 0 bridgehead atoms. The molecule has 9 aromatic rings. The molecule has 9 rings (SSSR count). The van der Waals surface area contributed by atoms with E-state index in [0.717, 1.165) is 44.6 Å². The van der Waals surface area contributed by atoms with Crippen LogP contribution < -0.4 is 0 Å². The minimum Gasteiger partial charge on any atom is -0.261 e. The van der Waals surface area contributed by atoms with Gasteiger partial charge in [-0.1, -0.05) is 170 Å². The SMILES string of the molecule is Cc1ncccc1-c1cccc(-c2nc(-c3ccccc3)nc(-c3ccc(-c4cc(-c5ccccc5)c(-c5ccccc5)c(-c5ccccc5)c4)cc3)n2)c1. The maximum atomic E-state index is 5.07. The topological polar surface area (TPSA) is 51.6 Å². The summed E-state index contributed by atoms with van der Waals surface area (Å²) < 4.78 is 0. The van der Waals surface area contributed by atoms with Crippen LogP contribution in [0.4, 0.5) is 0 Å². The van der Waals surface area contributed by atoms with E-state index in [1.54, 1.807) is 0 Å². The van der Waals surface area contributed by atoms with E-state index in [9.17, 15) is 0 Å². The maximum absolute atomic E-state index is 5.07. The van der Waals surface area contributed by atoms with Crippen molar-refractivity contribution in [3.05, 3.63) is 206 Å². The van der Waals surface area contributed by atoms with Gasteiger partial charge in [0.2, 0.25) is 0 Å². The van der Waals surface area contributed by atoms with E-state index < -0.39 is 0 Å². The Morgan fingerprint density at radius 3 is 1.27 bits per heavy atom. The summed E-state index contributed by atoms with van der Waals surface area (Å²) in [5.41, 5.74) is 15.2. The Bertz CT molecular complexity index is 2670. The van der Waals surface area contributed by atoms with Crippen LogP contribution in [0.2, 0.25) is 0 Å². The predicted molar refractivity (Wildman–Crippen MR) is 226 cm³/mol. The molecule has 55 heavy (non-hydrogen) atoms. The fourth-order valence-electron chi connectivity index (χ4n) is 7.19. The number of benzene rings is 7. The molecule has 0 unspecified atom stereocenters. The summed E-state index contributed by atoms with van der Waals surface area (Å²) in [6.45, 7) is 2.03. The summed E-state index contributed by atoms with van der Waals surface area (Å²) in [5.74, 6) is 1.87. The van der Waals surface area contributed by atoms with Crippen molar-refractivity contribution in [2.75, 3.05) is 0 Å². The molecule has 0 aliphatic carbocycles. The molecule has 0 aliphatic rings. The predicted octanol–water partition coefficient (Wildman–Crippen LogP) is 12.9. The Labute approximate surface area is 321 Å². The van der Waals surface area contributed by atoms with Gasteiger partial charge < -0.3 is 0 Å². The number of hydrogen-bond acceptors (Lipinski definition) is 4. The first-order valence-corrected chi connectivity index (χ1v) is 18.5. The zero-order valence-corrected chi connectivity index (χ0v) is 30.3. The van der Waals surface area contributed by atoms with Crippen LogP contribution in [0.3, 0.4) is 0 Å². The summed E-state index contributed by atoms with van der Waals surface area (Å²) >= 11 is 0. The lowest BCUT2D eigenvalue weighted by atomic mass is 9.84. The van der Waals surface area contributed by atoms with Gasteiger partial charge in [0.1, 0.15) is 0 Å². The molecule has 2 heterocycles. The molecule has 0 N–H and O–H groups in total. The van der Waals surface area contributed by atoms with Crippen LogP contribution >= 0.6 is 0 Å². The highest BCUT2D eigenvalue weighted by Crippen LogP contribution is 2.43. The van der Waals surface area contributed by atoms with Gasteiger partial charge in [-0.3, -0.25) is 4.98 Å². The average Bonchev–Trinajstić information content (AvgIpc) is 3.27. The van der Waals surface area contributed by atoms with Crippen molar-refractivity contribution in [2.24, 2.45) is 0 Å². The fourth-order valence-corrected chi connectivity index (χ4v) is 7.19. The van der Waals surface area contributed by atoms with Gasteiger partial charge in [-0.15, -0.1) is 0 Å². The summed E-state index contributed by atoms with van der Waals surface area (Å²) in [5, 5.41) is 0. The molecule has 0 saturated heterocycles. The first-order chi connectivity index (χ1) is 27.2. The monoisotopic (exact) mass is 704 g/mol. The normalized spacial score (nSPS) is 11.0. The fraction of sp³-hybridized carbons (Fsp3) is 0.0196. The molecule has 0 aliphatic heterocycles. The lowest BCUT2D eigenvalue weighted by molar-refractivity contribution is 1.07. The van der Waals surface area contributed by atoms with Gasteiger partial charge in [0, 0.05) is 34.1 Å². The van der Waals surface area contributed by atoms with Crippen LogP contribution in [0.25, 0.3) is 89.8 Å². The molecule has 0 spiro atoms. The van der Waals surface area contributed by atoms with Crippen molar-refractivity contribution < 1.29 is 0 Å². The van der Waals surface area contributed by atoms with E-state index in [-0.39, 0.29) is 0 Å².